The van der Waals surface area contributed by atoms with Crippen LogP contribution < -0.4 is 0 Å². The van der Waals surface area contributed by atoms with E-state index in [2.05, 4.69) is 16.2 Å². The maximum atomic E-state index is 11.6. The summed E-state index contributed by atoms with van der Waals surface area (Å²) >= 11 is 1.25. The first kappa shape index (κ1) is 9.79. The van der Waals surface area contributed by atoms with E-state index in [-0.39, 0.29) is 6.61 Å². The fourth-order valence-corrected chi connectivity index (χ4v) is 1.77. The number of rotatable bonds is 3. The molecule has 0 saturated heterocycles. The average molecular weight is 220 g/mol. The van der Waals surface area contributed by atoms with Crippen LogP contribution >= 0.6 is 11.5 Å². The van der Waals surface area contributed by atoms with Crippen LogP contribution in [0.25, 0.3) is 10.2 Å². The lowest BCUT2D eigenvalue weighted by Gasteiger charge is -2.01. The molecule has 1 aromatic heterocycles. The lowest BCUT2D eigenvalue weighted by molar-refractivity contribution is 0.0552. The summed E-state index contributed by atoms with van der Waals surface area (Å²) in [6, 6.07) is 5.33. The zero-order chi connectivity index (χ0) is 10.7. The second-order valence-corrected chi connectivity index (χ2v) is 3.60. The molecule has 0 N–H and O–H groups in total. The van der Waals surface area contributed by atoms with E-state index in [1.807, 2.05) is 6.07 Å². The van der Waals surface area contributed by atoms with E-state index in [1.165, 1.54) is 17.6 Å². The second kappa shape index (κ2) is 4.18. The van der Waals surface area contributed by atoms with Crippen molar-refractivity contribution in [3.8, 4) is 0 Å². The number of benzene rings is 1. The van der Waals surface area contributed by atoms with Gasteiger partial charge in [-0.05, 0) is 23.7 Å². The van der Waals surface area contributed by atoms with Gasteiger partial charge in [-0.3, -0.25) is 0 Å². The van der Waals surface area contributed by atoms with Crippen LogP contribution in [0.5, 0.6) is 0 Å². The summed E-state index contributed by atoms with van der Waals surface area (Å²) < 4.78 is 9.60. The van der Waals surface area contributed by atoms with Crippen molar-refractivity contribution in [1.82, 2.24) is 9.59 Å². The van der Waals surface area contributed by atoms with Gasteiger partial charge >= 0.3 is 5.97 Å². The van der Waals surface area contributed by atoms with Crippen LogP contribution in [0.3, 0.4) is 0 Å². The van der Waals surface area contributed by atoms with Gasteiger partial charge in [-0.25, -0.2) is 4.79 Å². The van der Waals surface area contributed by atoms with Crippen molar-refractivity contribution in [3.05, 3.63) is 36.4 Å². The maximum Gasteiger partial charge on any atom is 0.340 e. The number of carbonyl (C=O) groups is 1. The third-order valence-corrected chi connectivity index (χ3v) is 2.52. The lowest BCUT2D eigenvalue weighted by Crippen LogP contribution is -2.05. The number of carbonyl (C=O) groups excluding carboxylic acids is 1. The number of ether oxygens (including phenoxy) is 1. The summed E-state index contributed by atoms with van der Waals surface area (Å²) in [5, 5.41) is 3.89. The Hall–Kier alpha value is -1.75. The second-order valence-electron chi connectivity index (χ2n) is 2.81. The van der Waals surface area contributed by atoms with Gasteiger partial charge in [0.05, 0.1) is 10.3 Å². The van der Waals surface area contributed by atoms with Crippen molar-refractivity contribution in [2.24, 2.45) is 0 Å². The minimum atomic E-state index is -0.395. The molecule has 0 aliphatic rings. The maximum absolute atomic E-state index is 11.6. The number of hydrogen-bond donors (Lipinski definition) is 0. The van der Waals surface area contributed by atoms with Crippen molar-refractivity contribution >= 4 is 27.7 Å². The van der Waals surface area contributed by atoms with Crippen molar-refractivity contribution < 1.29 is 9.53 Å². The van der Waals surface area contributed by atoms with E-state index < -0.39 is 5.97 Å². The Morgan fingerprint density at radius 3 is 3.27 bits per heavy atom. The fourth-order valence-electron chi connectivity index (χ4n) is 1.18. The predicted octanol–water partition coefficient (Wildman–Crippen LogP) is 2.03. The molecule has 15 heavy (non-hydrogen) atoms. The van der Waals surface area contributed by atoms with Crippen molar-refractivity contribution in [1.29, 1.82) is 0 Å². The van der Waals surface area contributed by atoms with Crippen LogP contribution in [0.15, 0.2) is 30.9 Å². The Kier molecular flexibility index (Phi) is 2.73. The molecule has 0 saturated carbocycles. The summed E-state index contributed by atoms with van der Waals surface area (Å²) in [4.78, 5) is 11.6. The Labute approximate surface area is 90.3 Å². The summed E-state index contributed by atoms with van der Waals surface area (Å²) in [6.07, 6.45) is 1.53. The highest BCUT2D eigenvalue weighted by Gasteiger charge is 2.13. The molecule has 1 heterocycles. The number of hydrogen-bond acceptors (Lipinski definition) is 5. The third kappa shape index (κ3) is 1.87. The molecule has 0 bridgehead atoms. The standard InChI is InChI=1S/C10H8N2O2S/c1-2-6-14-10(13)7-4-3-5-8-9(7)11-12-15-8/h2-5H,1,6H2. The van der Waals surface area contributed by atoms with Gasteiger partial charge in [-0.15, -0.1) is 5.10 Å². The van der Waals surface area contributed by atoms with Gasteiger partial charge in [0, 0.05) is 0 Å². The van der Waals surface area contributed by atoms with E-state index >= 15 is 0 Å². The molecule has 0 atom stereocenters. The van der Waals surface area contributed by atoms with Crippen LogP contribution in [0, 0.1) is 0 Å². The van der Waals surface area contributed by atoms with Crippen LogP contribution in [-0.4, -0.2) is 22.2 Å². The molecule has 0 unspecified atom stereocenters. The highest BCUT2D eigenvalue weighted by molar-refractivity contribution is 7.13. The molecule has 1 aromatic carbocycles. The number of fused-ring (bicyclic) bond motifs is 1. The topological polar surface area (TPSA) is 52.1 Å². The Morgan fingerprint density at radius 1 is 1.60 bits per heavy atom. The van der Waals surface area contributed by atoms with Crippen LogP contribution in [-0.2, 0) is 4.74 Å². The van der Waals surface area contributed by atoms with E-state index in [9.17, 15) is 4.79 Å². The number of aromatic nitrogens is 2. The fraction of sp³-hybridized carbons (Fsp3) is 0.100. The number of nitrogens with zero attached hydrogens (tertiary/aromatic N) is 2. The summed E-state index contributed by atoms with van der Waals surface area (Å²) in [5.74, 6) is -0.395. The van der Waals surface area contributed by atoms with Crippen molar-refractivity contribution in [2.75, 3.05) is 6.61 Å². The monoisotopic (exact) mass is 220 g/mol. The van der Waals surface area contributed by atoms with E-state index in [0.717, 1.165) is 4.70 Å². The van der Waals surface area contributed by atoms with E-state index in [1.54, 1.807) is 12.1 Å². The first-order valence-electron chi connectivity index (χ1n) is 4.32. The highest BCUT2D eigenvalue weighted by Crippen LogP contribution is 2.19. The lowest BCUT2D eigenvalue weighted by atomic mass is 10.2. The van der Waals surface area contributed by atoms with Crippen LogP contribution in [0.1, 0.15) is 10.4 Å². The molecular weight excluding hydrogens is 212 g/mol. The van der Waals surface area contributed by atoms with Gasteiger partial charge in [0.15, 0.2) is 0 Å². The molecule has 2 aromatic rings. The third-order valence-electron chi connectivity index (χ3n) is 1.83. The SMILES string of the molecule is C=CCOC(=O)c1cccc2snnc12. The highest BCUT2D eigenvalue weighted by atomic mass is 32.1. The number of esters is 1. The van der Waals surface area contributed by atoms with Gasteiger partial charge < -0.3 is 4.74 Å². The summed E-state index contributed by atoms with van der Waals surface area (Å²) in [7, 11) is 0. The van der Waals surface area contributed by atoms with Gasteiger partial charge in [0.2, 0.25) is 0 Å². The van der Waals surface area contributed by atoms with Gasteiger partial charge in [0.25, 0.3) is 0 Å². The van der Waals surface area contributed by atoms with Gasteiger partial charge in [0.1, 0.15) is 12.1 Å². The largest absolute Gasteiger partial charge is 0.458 e. The molecule has 4 nitrogen and oxygen atoms in total. The van der Waals surface area contributed by atoms with E-state index in [0.29, 0.717) is 11.1 Å². The molecule has 0 amide bonds. The zero-order valence-corrected chi connectivity index (χ0v) is 8.66. The molecule has 0 aliphatic carbocycles. The Balaban J connectivity index is 2.38. The summed E-state index contributed by atoms with van der Waals surface area (Å²) in [6.45, 7) is 3.68. The minimum absolute atomic E-state index is 0.201. The molecule has 5 heteroatoms. The molecule has 2 rings (SSSR count). The molecule has 0 spiro atoms. The Morgan fingerprint density at radius 2 is 2.47 bits per heavy atom. The molecule has 0 aliphatic heterocycles. The first-order valence-corrected chi connectivity index (χ1v) is 5.09. The first-order chi connectivity index (χ1) is 7.33. The summed E-state index contributed by atoms with van der Waals surface area (Å²) in [5.41, 5.74) is 1.04. The smallest absolute Gasteiger partial charge is 0.340 e. The zero-order valence-electron chi connectivity index (χ0n) is 7.84. The Bertz CT molecular complexity index is 507. The average Bonchev–Trinajstić information content (AvgIpc) is 2.73. The predicted molar refractivity (Wildman–Crippen MR) is 57.9 cm³/mol. The van der Waals surface area contributed by atoms with Gasteiger partial charge in [-0.2, -0.15) is 0 Å². The molecular formula is C10H8N2O2S. The van der Waals surface area contributed by atoms with Crippen LogP contribution in [0.4, 0.5) is 0 Å². The molecule has 76 valence electrons. The molecule has 0 radical (unpaired) electrons. The normalized spacial score (nSPS) is 10.1. The van der Waals surface area contributed by atoms with Crippen LogP contribution in [0.2, 0.25) is 0 Å². The quantitative estimate of drug-likeness (QED) is 0.586. The minimum Gasteiger partial charge on any atom is -0.458 e. The van der Waals surface area contributed by atoms with Gasteiger partial charge in [-0.1, -0.05) is 23.2 Å². The molecule has 0 fully saturated rings. The van der Waals surface area contributed by atoms with E-state index in [4.69, 9.17) is 4.74 Å². The van der Waals surface area contributed by atoms with Crippen molar-refractivity contribution in [3.63, 3.8) is 0 Å². The van der Waals surface area contributed by atoms with Crippen molar-refractivity contribution in [2.45, 2.75) is 0 Å².